The Labute approximate surface area is 112 Å². The molecule has 110 valence electrons. The molecule has 1 fully saturated rings. The van der Waals surface area contributed by atoms with Crippen LogP contribution in [0.5, 0.6) is 0 Å². The first-order valence-corrected chi connectivity index (χ1v) is 7.45. The molecule has 8 nitrogen and oxygen atoms in total. The molecule has 0 saturated carbocycles. The van der Waals surface area contributed by atoms with Crippen LogP contribution in [-0.2, 0) is 29.1 Å². The van der Waals surface area contributed by atoms with Crippen molar-refractivity contribution in [1.29, 1.82) is 0 Å². The van der Waals surface area contributed by atoms with Gasteiger partial charge in [-0.25, -0.2) is 8.42 Å². The molecule has 0 aromatic carbocycles. The van der Waals surface area contributed by atoms with Crippen molar-refractivity contribution in [2.24, 2.45) is 0 Å². The maximum atomic E-state index is 11.9. The zero-order valence-corrected chi connectivity index (χ0v) is 11.6. The second-order valence-corrected chi connectivity index (χ2v) is 6.02. The maximum absolute atomic E-state index is 11.9. The van der Waals surface area contributed by atoms with E-state index in [1.165, 1.54) is 11.4 Å². The number of hydrogen-bond donors (Lipinski definition) is 1. The Kier molecular flexibility index (Phi) is 6.19. The molecule has 0 aromatic heterocycles. The smallest absolute Gasteiger partial charge is 0.325 e. The highest BCUT2D eigenvalue weighted by Crippen LogP contribution is 2.06. The van der Waals surface area contributed by atoms with Crippen molar-refractivity contribution in [3.05, 3.63) is 0 Å². The largest absolute Gasteiger partial charge is 0.468 e. The average molecular weight is 294 g/mol. The predicted octanol–water partition coefficient (Wildman–Crippen LogP) is -1.67. The SMILES string of the molecule is COC(=O)CNC(=O)CCS(=O)(=O)N1CCOCC1. The van der Waals surface area contributed by atoms with E-state index >= 15 is 0 Å². The van der Waals surface area contributed by atoms with Gasteiger partial charge in [0.1, 0.15) is 6.54 Å². The second kappa shape index (κ2) is 7.41. The molecular formula is C10H18N2O6S. The summed E-state index contributed by atoms with van der Waals surface area (Å²) in [5.41, 5.74) is 0. The lowest BCUT2D eigenvalue weighted by Gasteiger charge is -2.25. The number of sulfonamides is 1. The molecule has 0 spiro atoms. The predicted molar refractivity (Wildman–Crippen MR) is 65.8 cm³/mol. The maximum Gasteiger partial charge on any atom is 0.325 e. The summed E-state index contributed by atoms with van der Waals surface area (Å²) in [6.45, 7) is 1.10. The minimum atomic E-state index is -3.45. The van der Waals surface area contributed by atoms with Gasteiger partial charge in [-0.15, -0.1) is 0 Å². The number of rotatable bonds is 6. The van der Waals surface area contributed by atoms with Crippen molar-refractivity contribution in [3.8, 4) is 0 Å². The lowest BCUT2D eigenvalue weighted by molar-refractivity contribution is -0.141. The highest BCUT2D eigenvalue weighted by atomic mass is 32.2. The fraction of sp³-hybridized carbons (Fsp3) is 0.800. The first-order valence-electron chi connectivity index (χ1n) is 5.85. The molecule has 0 atom stereocenters. The van der Waals surface area contributed by atoms with Crippen molar-refractivity contribution < 1.29 is 27.5 Å². The summed E-state index contributed by atoms with van der Waals surface area (Å²) in [5.74, 6) is -1.35. The van der Waals surface area contributed by atoms with Crippen molar-refractivity contribution in [3.63, 3.8) is 0 Å². The molecule has 1 amide bonds. The molecule has 1 aliphatic heterocycles. The number of esters is 1. The third-order valence-electron chi connectivity index (χ3n) is 2.61. The Morgan fingerprint density at radius 2 is 1.95 bits per heavy atom. The first-order chi connectivity index (χ1) is 8.95. The van der Waals surface area contributed by atoms with Gasteiger partial charge in [0, 0.05) is 19.5 Å². The van der Waals surface area contributed by atoms with Gasteiger partial charge in [-0.3, -0.25) is 9.59 Å². The monoisotopic (exact) mass is 294 g/mol. The Bertz CT molecular complexity index is 416. The fourth-order valence-electron chi connectivity index (χ4n) is 1.51. The van der Waals surface area contributed by atoms with Crippen molar-refractivity contribution in [1.82, 2.24) is 9.62 Å². The molecule has 9 heteroatoms. The molecule has 1 saturated heterocycles. The number of carbonyl (C=O) groups is 2. The topological polar surface area (TPSA) is 102 Å². The molecule has 1 heterocycles. The van der Waals surface area contributed by atoms with E-state index < -0.39 is 21.9 Å². The van der Waals surface area contributed by atoms with E-state index in [0.29, 0.717) is 26.3 Å². The van der Waals surface area contributed by atoms with E-state index in [1.54, 1.807) is 0 Å². The zero-order valence-electron chi connectivity index (χ0n) is 10.8. The van der Waals surface area contributed by atoms with Crippen LogP contribution in [0.1, 0.15) is 6.42 Å². The standard InChI is InChI=1S/C10H18N2O6S/c1-17-10(14)8-11-9(13)2-7-19(15,16)12-3-5-18-6-4-12/h2-8H2,1H3,(H,11,13). The van der Waals surface area contributed by atoms with Crippen LogP contribution < -0.4 is 5.32 Å². The molecule has 0 aliphatic carbocycles. The van der Waals surface area contributed by atoms with E-state index in [4.69, 9.17) is 4.74 Å². The van der Waals surface area contributed by atoms with Crippen LogP contribution in [0, 0.1) is 0 Å². The van der Waals surface area contributed by atoms with Gasteiger partial charge in [0.05, 0.1) is 26.1 Å². The van der Waals surface area contributed by atoms with Crippen LogP contribution in [0.3, 0.4) is 0 Å². The molecule has 0 radical (unpaired) electrons. The zero-order chi connectivity index (χ0) is 14.3. The third-order valence-corrected chi connectivity index (χ3v) is 4.48. The van der Waals surface area contributed by atoms with E-state index in [1.807, 2.05) is 0 Å². The van der Waals surface area contributed by atoms with Crippen LogP contribution in [0.15, 0.2) is 0 Å². The van der Waals surface area contributed by atoms with Gasteiger partial charge in [-0.1, -0.05) is 0 Å². The molecular weight excluding hydrogens is 276 g/mol. The fourth-order valence-corrected chi connectivity index (χ4v) is 2.91. The van der Waals surface area contributed by atoms with E-state index in [-0.39, 0.29) is 18.7 Å². The van der Waals surface area contributed by atoms with Crippen molar-refractivity contribution >= 4 is 21.9 Å². The third kappa shape index (κ3) is 5.53. The molecule has 1 N–H and O–H groups in total. The molecule has 1 aliphatic rings. The van der Waals surface area contributed by atoms with Gasteiger partial charge in [0.15, 0.2) is 0 Å². The first kappa shape index (κ1) is 15.9. The summed E-state index contributed by atoms with van der Waals surface area (Å²) < 4.78 is 34.5. The van der Waals surface area contributed by atoms with Gasteiger partial charge >= 0.3 is 5.97 Å². The highest BCUT2D eigenvalue weighted by Gasteiger charge is 2.24. The highest BCUT2D eigenvalue weighted by molar-refractivity contribution is 7.89. The minimum absolute atomic E-state index is 0.184. The number of nitrogens with zero attached hydrogens (tertiary/aromatic N) is 1. The molecule has 0 unspecified atom stereocenters. The Morgan fingerprint density at radius 1 is 1.32 bits per heavy atom. The normalized spacial score (nSPS) is 16.9. The number of methoxy groups -OCH3 is 1. The Morgan fingerprint density at radius 3 is 2.53 bits per heavy atom. The quantitative estimate of drug-likeness (QED) is 0.588. The Balaban J connectivity index is 2.33. The van der Waals surface area contributed by atoms with Gasteiger partial charge in [-0.2, -0.15) is 4.31 Å². The lowest BCUT2D eigenvalue weighted by atomic mass is 10.4. The summed E-state index contributed by atoms with van der Waals surface area (Å²) in [5, 5.41) is 2.29. The van der Waals surface area contributed by atoms with Crippen LogP contribution in [0.4, 0.5) is 0 Å². The van der Waals surface area contributed by atoms with E-state index in [0.717, 1.165) is 0 Å². The van der Waals surface area contributed by atoms with Gasteiger partial charge in [0.2, 0.25) is 15.9 Å². The minimum Gasteiger partial charge on any atom is -0.468 e. The number of nitrogens with one attached hydrogen (secondary N) is 1. The summed E-state index contributed by atoms with van der Waals surface area (Å²) in [6, 6.07) is 0. The molecule has 19 heavy (non-hydrogen) atoms. The summed E-state index contributed by atoms with van der Waals surface area (Å²) in [6.07, 6.45) is -0.184. The van der Waals surface area contributed by atoms with Gasteiger partial charge < -0.3 is 14.8 Å². The summed E-state index contributed by atoms with van der Waals surface area (Å²) in [7, 11) is -2.24. The Hall–Kier alpha value is -1.19. The average Bonchev–Trinajstić information content (AvgIpc) is 2.43. The summed E-state index contributed by atoms with van der Waals surface area (Å²) >= 11 is 0. The number of carbonyl (C=O) groups excluding carboxylic acids is 2. The lowest BCUT2D eigenvalue weighted by Crippen LogP contribution is -2.42. The second-order valence-electron chi connectivity index (χ2n) is 3.93. The van der Waals surface area contributed by atoms with Crippen LogP contribution in [0.2, 0.25) is 0 Å². The number of amides is 1. The van der Waals surface area contributed by atoms with Crippen molar-refractivity contribution in [2.45, 2.75) is 6.42 Å². The molecule has 1 rings (SSSR count). The van der Waals surface area contributed by atoms with E-state index in [9.17, 15) is 18.0 Å². The van der Waals surface area contributed by atoms with Gasteiger partial charge in [0.25, 0.3) is 0 Å². The number of morpholine rings is 1. The number of ether oxygens (including phenoxy) is 2. The molecule has 0 aromatic rings. The van der Waals surface area contributed by atoms with E-state index in [2.05, 4.69) is 10.1 Å². The summed E-state index contributed by atoms with van der Waals surface area (Å²) in [4.78, 5) is 22.2. The van der Waals surface area contributed by atoms with Crippen LogP contribution in [0.25, 0.3) is 0 Å². The number of hydrogen-bond acceptors (Lipinski definition) is 6. The van der Waals surface area contributed by atoms with Crippen molar-refractivity contribution in [2.75, 3.05) is 45.7 Å². The van der Waals surface area contributed by atoms with Gasteiger partial charge in [-0.05, 0) is 0 Å². The van der Waals surface area contributed by atoms with Crippen LogP contribution >= 0.6 is 0 Å². The molecule has 0 bridgehead atoms. The van der Waals surface area contributed by atoms with Crippen LogP contribution in [-0.4, -0.2) is 70.3 Å².